The molecule has 0 bridgehead atoms. The first-order chi connectivity index (χ1) is 8.24. The minimum Gasteiger partial charge on any atom is -0.351 e. The molecule has 0 aliphatic rings. The van der Waals surface area contributed by atoms with Gasteiger partial charge in [-0.05, 0) is 17.7 Å². The maximum absolute atomic E-state index is 13.1. The smallest absolute Gasteiger partial charge is 0.123 e. The lowest BCUT2D eigenvalue weighted by atomic mass is 10.1. The van der Waals surface area contributed by atoms with Crippen LogP contribution in [0.4, 0.5) is 4.39 Å². The number of hydrogen-bond acceptors (Lipinski definition) is 1. The summed E-state index contributed by atoms with van der Waals surface area (Å²) in [7, 11) is 0. The van der Waals surface area contributed by atoms with Crippen LogP contribution in [-0.4, -0.2) is 9.90 Å². The molecule has 17 heavy (non-hydrogen) atoms. The van der Waals surface area contributed by atoms with Crippen molar-refractivity contribution in [3.8, 4) is 17.2 Å². The summed E-state index contributed by atoms with van der Waals surface area (Å²) in [6.07, 6.45) is 3.65. The van der Waals surface area contributed by atoms with Gasteiger partial charge in [0.25, 0.3) is 0 Å². The Morgan fingerprint density at radius 3 is 2.82 bits per heavy atom. The summed E-state index contributed by atoms with van der Waals surface area (Å²) in [5, 5.41) is 9.88. The first-order valence-corrected chi connectivity index (χ1v) is 6.28. The van der Waals surface area contributed by atoms with Crippen LogP contribution in [0.1, 0.15) is 5.56 Å². The van der Waals surface area contributed by atoms with E-state index in [0.29, 0.717) is 5.56 Å². The molecule has 0 N–H and O–H groups in total. The standard InChI is InChI=1S/C13H10BrFN2/c14-4-5-17-8-11(7-16)13(9-17)10-2-1-3-12(15)6-10/h1-3,6,8-9H,4-5H2. The Kier molecular flexibility index (Phi) is 3.60. The van der Waals surface area contributed by atoms with Crippen LogP contribution in [0.15, 0.2) is 36.7 Å². The van der Waals surface area contributed by atoms with E-state index in [4.69, 9.17) is 5.26 Å². The lowest BCUT2D eigenvalue weighted by Crippen LogP contribution is -1.93. The van der Waals surface area contributed by atoms with E-state index in [1.165, 1.54) is 12.1 Å². The van der Waals surface area contributed by atoms with Gasteiger partial charge in [-0.3, -0.25) is 0 Å². The Balaban J connectivity index is 2.47. The van der Waals surface area contributed by atoms with Gasteiger partial charge in [-0.1, -0.05) is 28.1 Å². The minimum absolute atomic E-state index is 0.292. The van der Waals surface area contributed by atoms with E-state index in [-0.39, 0.29) is 5.82 Å². The zero-order chi connectivity index (χ0) is 12.3. The van der Waals surface area contributed by atoms with Crippen molar-refractivity contribution < 1.29 is 4.39 Å². The van der Waals surface area contributed by atoms with Crippen LogP contribution in [-0.2, 0) is 6.54 Å². The van der Waals surface area contributed by atoms with Gasteiger partial charge in [0.15, 0.2) is 0 Å². The molecule has 2 aromatic rings. The SMILES string of the molecule is N#Cc1cn(CCBr)cc1-c1cccc(F)c1. The fraction of sp³-hybridized carbons (Fsp3) is 0.154. The van der Waals surface area contributed by atoms with Gasteiger partial charge in [-0.2, -0.15) is 5.26 Å². The van der Waals surface area contributed by atoms with Gasteiger partial charge in [-0.15, -0.1) is 0 Å². The molecule has 0 amide bonds. The molecule has 1 aromatic heterocycles. The lowest BCUT2D eigenvalue weighted by molar-refractivity contribution is 0.628. The van der Waals surface area contributed by atoms with E-state index in [2.05, 4.69) is 22.0 Å². The molecule has 1 aromatic carbocycles. The molecule has 2 rings (SSSR count). The summed E-state index contributed by atoms with van der Waals surface area (Å²) in [6.45, 7) is 0.782. The van der Waals surface area contributed by atoms with Crippen LogP contribution < -0.4 is 0 Å². The van der Waals surface area contributed by atoms with Gasteiger partial charge in [0.1, 0.15) is 11.9 Å². The predicted octanol–water partition coefficient (Wildman–Crippen LogP) is 3.56. The summed E-state index contributed by atoms with van der Waals surface area (Å²) in [6, 6.07) is 8.42. The molecule has 0 aliphatic carbocycles. The van der Waals surface area contributed by atoms with E-state index in [1.807, 2.05) is 10.8 Å². The molecule has 4 heteroatoms. The van der Waals surface area contributed by atoms with Gasteiger partial charge >= 0.3 is 0 Å². The molecule has 0 atom stereocenters. The molecule has 0 saturated carbocycles. The maximum atomic E-state index is 13.1. The molecule has 0 radical (unpaired) electrons. The van der Waals surface area contributed by atoms with E-state index in [0.717, 1.165) is 23.0 Å². The number of nitrogens with zero attached hydrogens (tertiary/aromatic N) is 2. The molecule has 86 valence electrons. The Bertz CT molecular complexity index is 569. The van der Waals surface area contributed by atoms with Gasteiger partial charge in [-0.25, -0.2) is 4.39 Å². The average Bonchev–Trinajstić information content (AvgIpc) is 2.73. The molecule has 0 aliphatic heterocycles. The third kappa shape index (κ3) is 2.56. The maximum Gasteiger partial charge on any atom is 0.123 e. The van der Waals surface area contributed by atoms with Crippen LogP contribution in [0.5, 0.6) is 0 Å². The van der Waals surface area contributed by atoms with E-state index in [1.54, 1.807) is 18.3 Å². The molecular weight excluding hydrogens is 283 g/mol. The minimum atomic E-state index is -0.292. The summed E-state index contributed by atoms with van der Waals surface area (Å²) in [5.74, 6) is -0.292. The van der Waals surface area contributed by atoms with Gasteiger partial charge < -0.3 is 4.57 Å². The number of alkyl halides is 1. The number of benzene rings is 1. The number of hydrogen-bond donors (Lipinski definition) is 0. The highest BCUT2D eigenvalue weighted by Crippen LogP contribution is 2.25. The van der Waals surface area contributed by atoms with Crippen molar-refractivity contribution in [1.82, 2.24) is 4.57 Å². The summed E-state index contributed by atoms with van der Waals surface area (Å²) in [4.78, 5) is 0. The quantitative estimate of drug-likeness (QED) is 0.795. The Morgan fingerprint density at radius 2 is 2.18 bits per heavy atom. The topological polar surface area (TPSA) is 28.7 Å². The molecule has 2 nitrogen and oxygen atoms in total. The Hall–Kier alpha value is -1.60. The number of halogens is 2. The number of aromatic nitrogens is 1. The number of nitriles is 1. The Morgan fingerprint density at radius 1 is 1.35 bits per heavy atom. The predicted molar refractivity (Wildman–Crippen MR) is 68.3 cm³/mol. The van der Waals surface area contributed by atoms with E-state index < -0.39 is 0 Å². The van der Waals surface area contributed by atoms with Crippen molar-refractivity contribution in [2.24, 2.45) is 0 Å². The molecule has 1 heterocycles. The normalized spacial score (nSPS) is 10.2. The fourth-order valence-corrected chi connectivity index (χ4v) is 2.12. The largest absolute Gasteiger partial charge is 0.351 e. The van der Waals surface area contributed by atoms with Gasteiger partial charge in [0.05, 0.1) is 5.56 Å². The van der Waals surface area contributed by atoms with Crippen molar-refractivity contribution in [2.75, 3.05) is 5.33 Å². The second-order valence-corrected chi connectivity index (χ2v) is 4.43. The third-order valence-electron chi connectivity index (χ3n) is 2.48. The van der Waals surface area contributed by atoms with Crippen molar-refractivity contribution in [3.63, 3.8) is 0 Å². The highest BCUT2D eigenvalue weighted by molar-refractivity contribution is 9.09. The molecule has 0 spiro atoms. The van der Waals surface area contributed by atoms with Crippen molar-refractivity contribution in [2.45, 2.75) is 6.54 Å². The zero-order valence-electron chi connectivity index (χ0n) is 9.03. The number of rotatable bonds is 3. The first-order valence-electron chi connectivity index (χ1n) is 5.16. The fourth-order valence-electron chi connectivity index (χ4n) is 1.71. The number of aryl methyl sites for hydroxylation is 1. The lowest BCUT2D eigenvalue weighted by Gasteiger charge is -1.99. The van der Waals surface area contributed by atoms with Gasteiger partial charge in [0, 0.05) is 29.8 Å². The third-order valence-corrected chi connectivity index (χ3v) is 2.83. The Labute approximate surface area is 107 Å². The highest BCUT2D eigenvalue weighted by atomic mass is 79.9. The summed E-state index contributed by atoms with van der Waals surface area (Å²) in [5.41, 5.74) is 2.07. The second-order valence-electron chi connectivity index (χ2n) is 3.63. The highest BCUT2D eigenvalue weighted by Gasteiger charge is 2.09. The van der Waals surface area contributed by atoms with Crippen molar-refractivity contribution >= 4 is 15.9 Å². The molecule has 0 saturated heterocycles. The van der Waals surface area contributed by atoms with Crippen molar-refractivity contribution in [1.29, 1.82) is 5.26 Å². The van der Waals surface area contributed by atoms with E-state index >= 15 is 0 Å². The average molecular weight is 293 g/mol. The first kappa shape index (κ1) is 11.9. The van der Waals surface area contributed by atoms with Crippen LogP contribution in [0.3, 0.4) is 0 Å². The zero-order valence-corrected chi connectivity index (χ0v) is 10.6. The van der Waals surface area contributed by atoms with Crippen LogP contribution in [0.25, 0.3) is 11.1 Å². The summed E-state index contributed by atoms with van der Waals surface area (Å²) >= 11 is 3.35. The van der Waals surface area contributed by atoms with Crippen LogP contribution in [0, 0.1) is 17.1 Å². The second kappa shape index (κ2) is 5.15. The monoisotopic (exact) mass is 292 g/mol. The summed E-state index contributed by atoms with van der Waals surface area (Å²) < 4.78 is 15.1. The molecular formula is C13H10BrFN2. The van der Waals surface area contributed by atoms with Gasteiger partial charge in [0.2, 0.25) is 0 Å². The van der Waals surface area contributed by atoms with Crippen LogP contribution >= 0.6 is 15.9 Å². The molecule has 0 unspecified atom stereocenters. The molecule has 0 fully saturated rings. The van der Waals surface area contributed by atoms with Crippen LogP contribution in [0.2, 0.25) is 0 Å². The van der Waals surface area contributed by atoms with Crippen molar-refractivity contribution in [3.05, 3.63) is 48.0 Å². The van der Waals surface area contributed by atoms with E-state index in [9.17, 15) is 4.39 Å².